The van der Waals surface area contributed by atoms with Gasteiger partial charge in [0.15, 0.2) is 0 Å². The highest BCUT2D eigenvalue weighted by Gasteiger charge is 2.19. The molecule has 0 aliphatic rings. The Hall–Kier alpha value is -0.800. The largest absolute Gasteiger partial charge is 0.384 e. The normalized spacial score (nSPS) is 13.8. The summed E-state index contributed by atoms with van der Waals surface area (Å²) in [5.74, 6) is 0.465. The Morgan fingerprint density at radius 1 is 1.44 bits per heavy atom. The van der Waals surface area contributed by atoms with Gasteiger partial charge < -0.3 is 11.1 Å². The van der Waals surface area contributed by atoms with Crippen LogP contribution >= 0.6 is 11.6 Å². The second kappa shape index (κ2) is 5.02. The molecule has 0 aliphatic carbocycles. The van der Waals surface area contributed by atoms with Crippen LogP contribution in [0.2, 0.25) is 5.15 Å². The predicted octanol–water partition coefficient (Wildman–Crippen LogP) is 2.84. The molecule has 0 aliphatic heterocycles. The monoisotopic (exact) mass is 241 g/mol. The molecule has 4 heteroatoms. The number of hydrogen-bond donors (Lipinski definition) is 2. The third kappa shape index (κ3) is 3.99. The van der Waals surface area contributed by atoms with Crippen LogP contribution in [-0.4, -0.2) is 11.0 Å². The summed E-state index contributed by atoms with van der Waals surface area (Å²) in [4.78, 5) is 3.93. The van der Waals surface area contributed by atoms with Gasteiger partial charge in [-0.1, -0.05) is 32.4 Å². The Morgan fingerprint density at radius 3 is 2.56 bits per heavy atom. The van der Waals surface area contributed by atoms with E-state index in [2.05, 4.69) is 38.0 Å². The number of aromatic nitrogens is 1. The minimum atomic E-state index is 0.238. The summed E-state index contributed by atoms with van der Waals surface area (Å²) in [6.45, 7) is 9.55. The summed E-state index contributed by atoms with van der Waals surface area (Å²) in [5, 5.41) is 3.90. The van der Waals surface area contributed by atoms with Crippen molar-refractivity contribution in [3.05, 3.63) is 22.8 Å². The van der Waals surface area contributed by atoms with Gasteiger partial charge >= 0.3 is 0 Å². The van der Waals surface area contributed by atoms with E-state index in [1.165, 1.54) is 0 Å². The summed E-state index contributed by atoms with van der Waals surface area (Å²) in [5.41, 5.74) is 6.93. The molecular formula is C12H20ClN3. The van der Waals surface area contributed by atoms with Gasteiger partial charge in [0.05, 0.1) is 0 Å². The fraction of sp³-hybridized carbons (Fsp3) is 0.583. The molecule has 16 heavy (non-hydrogen) atoms. The van der Waals surface area contributed by atoms with E-state index in [4.69, 9.17) is 17.3 Å². The fourth-order valence-corrected chi connectivity index (χ4v) is 1.49. The molecule has 0 unspecified atom stereocenters. The van der Waals surface area contributed by atoms with E-state index in [1.54, 1.807) is 0 Å². The van der Waals surface area contributed by atoms with Crippen LogP contribution in [0, 0.1) is 5.41 Å². The van der Waals surface area contributed by atoms with Crippen molar-refractivity contribution in [1.82, 2.24) is 10.3 Å². The molecule has 3 nitrogen and oxygen atoms in total. The van der Waals surface area contributed by atoms with Crippen LogP contribution in [0.3, 0.4) is 0 Å². The van der Waals surface area contributed by atoms with Gasteiger partial charge in [0.25, 0.3) is 0 Å². The number of hydrogen-bond acceptors (Lipinski definition) is 3. The average molecular weight is 242 g/mol. The van der Waals surface area contributed by atoms with Crippen LogP contribution in [0.5, 0.6) is 0 Å². The lowest BCUT2D eigenvalue weighted by Crippen LogP contribution is -2.37. The highest BCUT2D eigenvalue weighted by atomic mass is 35.5. The topological polar surface area (TPSA) is 50.9 Å². The van der Waals surface area contributed by atoms with Gasteiger partial charge in [0.2, 0.25) is 0 Å². The number of rotatable bonds is 3. The zero-order valence-electron chi connectivity index (χ0n) is 10.3. The van der Waals surface area contributed by atoms with Crippen LogP contribution in [0.15, 0.2) is 12.1 Å². The molecule has 0 spiro atoms. The van der Waals surface area contributed by atoms with E-state index in [0.717, 1.165) is 12.1 Å². The number of pyridine rings is 1. The standard InChI is InChI=1S/C12H20ClN3/c1-8(12(2,3)4)15-7-9-5-10(13)16-11(14)6-9/h5-6,8,15H,7H2,1-4H3,(H2,14,16)/t8-/m0/s1. The van der Waals surface area contributed by atoms with Crippen molar-refractivity contribution in [3.8, 4) is 0 Å². The van der Waals surface area contributed by atoms with Gasteiger partial charge in [0.1, 0.15) is 11.0 Å². The fourth-order valence-electron chi connectivity index (χ4n) is 1.25. The predicted molar refractivity (Wildman–Crippen MR) is 69.4 cm³/mol. The first-order valence-electron chi connectivity index (χ1n) is 5.44. The Kier molecular flexibility index (Phi) is 4.16. The second-order valence-corrected chi connectivity index (χ2v) is 5.58. The molecule has 1 aromatic rings. The lowest BCUT2D eigenvalue weighted by Gasteiger charge is -2.28. The van der Waals surface area contributed by atoms with E-state index < -0.39 is 0 Å². The molecule has 1 aromatic heterocycles. The molecule has 3 N–H and O–H groups in total. The Balaban J connectivity index is 2.61. The Labute approximate surface area is 102 Å². The SMILES string of the molecule is C[C@H](NCc1cc(N)nc(Cl)c1)C(C)(C)C. The highest BCUT2D eigenvalue weighted by Crippen LogP contribution is 2.19. The molecule has 1 heterocycles. The Bertz CT molecular complexity index is 338. The molecule has 1 rings (SSSR count). The van der Waals surface area contributed by atoms with E-state index >= 15 is 0 Å². The molecule has 0 saturated heterocycles. The molecule has 0 fully saturated rings. The first kappa shape index (κ1) is 13.3. The van der Waals surface area contributed by atoms with Gasteiger partial charge in [-0.15, -0.1) is 0 Å². The molecule has 0 amide bonds. The maximum absolute atomic E-state index is 5.84. The number of halogens is 1. The quantitative estimate of drug-likeness (QED) is 0.801. The van der Waals surface area contributed by atoms with Crippen LogP contribution in [0.4, 0.5) is 5.82 Å². The van der Waals surface area contributed by atoms with Crippen molar-refractivity contribution in [1.29, 1.82) is 0 Å². The summed E-state index contributed by atoms with van der Waals surface area (Å²) in [6.07, 6.45) is 0. The van der Waals surface area contributed by atoms with E-state index in [-0.39, 0.29) is 5.41 Å². The lowest BCUT2D eigenvalue weighted by atomic mass is 9.88. The molecule has 0 radical (unpaired) electrons. The van der Waals surface area contributed by atoms with E-state index in [1.807, 2.05) is 12.1 Å². The van der Waals surface area contributed by atoms with Crippen LogP contribution in [0.1, 0.15) is 33.3 Å². The van der Waals surface area contributed by atoms with Crippen molar-refractivity contribution < 1.29 is 0 Å². The van der Waals surface area contributed by atoms with Crippen LogP contribution in [0.25, 0.3) is 0 Å². The number of nitrogens with one attached hydrogen (secondary N) is 1. The zero-order chi connectivity index (χ0) is 12.3. The van der Waals surface area contributed by atoms with Crippen molar-refractivity contribution in [3.63, 3.8) is 0 Å². The van der Waals surface area contributed by atoms with Crippen LogP contribution in [-0.2, 0) is 6.54 Å². The van der Waals surface area contributed by atoms with Crippen molar-refractivity contribution in [2.24, 2.45) is 5.41 Å². The van der Waals surface area contributed by atoms with Crippen molar-refractivity contribution >= 4 is 17.4 Å². The van der Waals surface area contributed by atoms with Gasteiger partial charge in [-0.25, -0.2) is 4.98 Å². The lowest BCUT2D eigenvalue weighted by molar-refractivity contribution is 0.285. The zero-order valence-corrected chi connectivity index (χ0v) is 11.1. The van der Waals surface area contributed by atoms with Crippen molar-refractivity contribution in [2.75, 3.05) is 5.73 Å². The third-order valence-corrected chi connectivity index (χ3v) is 2.98. The van der Waals surface area contributed by atoms with Crippen molar-refractivity contribution in [2.45, 2.75) is 40.3 Å². The number of nitrogens with two attached hydrogens (primary N) is 1. The first-order chi connectivity index (χ1) is 7.29. The maximum Gasteiger partial charge on any atom is 0.131 e. The summed E-state index contributed by atoms with van der Waals surface area (Å²) in [7, 11) is 0. The molecule has 1 atom stereocenters. The highest BCUT2D eigenvalue weighted by molar-refractivity contribution is 6.29. The number of anilines is 1. The number of nitrogen functional groups attached to an aromatic ring is 1. The summed E-state index contributed by atoms with van der Waals surface area (Å²) >= 11 is 5.84. The second-order valence-electron chi connectivity index (χ2n) is 5.19. The van der Waals surface area contributed by atoms with E-state index in [9.17, 15) is 0 Å². The molecular weight excluding hydrogens is 222 g/mol. The first-order valence-corrected chi connectivity index (χ1v) is 5.82. The molecule has 0 saturated carbocycles. The third-order valence-electron chi connectivity index (χ3n) is 2.79. The summed E-state index contributed by atoms with van der Waals surface area (Å²) in [6, 6.07) is 4.09. The molecule has 0 aromatic carbocycles. The maximum atomic E-state index is 5.84. The smallest absolute Gasteiger partial charge is 0.131 e. The van der Waals surface area contributed by atoms with Gasteiger partial charge in [-0.2, -0.15) is 0 Å². The van der Waals surface area contributed by atoms with Crippen LogP contribution < -0.4 is 11.1 Å². The number of nitrogens with zero attached hydrogens (tertiary/aromatic N) is 1. The minimum Gasteiger partial charge on any atom is -0.384 e. The summed E-state index contributed by atoms with van der Waals surface area (Å²) < 4.78 is 0. The minimum absolute atomic E-state index is 0.238. The molecule has 90 valence electrons. The van der Waals surface area contributed by atoms with Gasteiger partial charge in [0, 0.05) is 12.6 Å². The average Bonchev–Trinajstić information content (AvgIpc) is 2.11. The molecule has 0 bridgehead atoms. The van der Waals surface area contributed by atoms with Gasteiger partial charge in [-0.3, -0.25) is 0 Å². The Morgan fingerprint density at radius 2 is 2.06 bits per heavy atom. The van der Waals surface area contributed by atoms with E-state index in [0.29, 0.717) is 17.0 Å². The van der Waals surface area contributed by atoms with Gasteiger partial charge in [-0.05, 0) is 30.0 Å².